The normalized spacial score (nSPS) is 10.9. The van der Waals surface area contributed by atoms with E-state index in [1.165, 1.54) is 5.56 Å². The lowest BCUT2D eigenvalue weighted by Crippen LogP contribution is -2.30. The molecule has 1 N–H and O–H groups in total. The largest absolute Gasteiger partial charge is 0.324 e. The number of rotatable bonds is 5. The molecule has 6 nitrogen and oxygen atoms in total. The van der Waals surface area contributed by atoms with Gasteiger partial charge in [-0.25, -0.2) is 0 Å². The number of carbonyl (C=O) groups is 1. The standard InChI is InChI=1S/C17H24N4O2/c1-10(2)16-19-17(23-20-16)21(6)9-14(22)18-15-12(4)7-11(3)8-13(15)5/h7-8,10H,9H2,1-6H3,(H,18,22). The first kappa shape index (κ1) is 17.0. The van der Waals surface area contributed by atoms with Crippen LogP contribution in [0.25, 0.3) is 0 Å². The summed E-state index contributed by atoms with van der Waals surface area (Å²) in [7, 11) is 1.76. The summed E-state index contributed by atoms with van der Waals surface area (Å²) in [6, 6.07) is 4.46. The van der Waals surface area contributed by atoms with Gasteiger partial charge in [0.05, 0.1) is 0 Å². The van der Waals surface area contributed by atoms with Crippen LogP contribution in [0.2, 0.25) is 0 Å². The van der Waals surface area contributed by atoms with Gasteiger partial charge >= 0.3 is 6.01 Å². The molecule has 0 atom stereocenters. The number of benzene rings is 1. The summed E-state index contributed by atoms with van der Waals surface area (Å²) in [5, 5.41) is 6.87. The first-order chi connectivity index (χ1) is 10.8. The predicted octanol–water partition coefficient (Wildman–Crippen LogP) is 3.19. The number of likely N-dealkylation sites (N-methyl/N-ethyl adjacent to an activating group) is 1. The van der Waals surface area contributed by atoms with E-state index in [2.05, 4.69) is 27.6 Å². The average Bonchev–Trinajstić information content (AvgIpc) is 2.92. The fourth-order valence-corrected chi connectivity index (χ4v) is 2.46. The van der Waals surface area contributed by atoms with Crippen LogP contribution in [0, 0.1) is 20.8 Å². The summed E-state index contributed by atoms with van der Waals surface area (Å²) in [4.78, 5) is 18.2. The second-order valence-corrected chi connectivity index (χ2v) is 6.27. The monoisotopic (exact) mass is 316 g/mol. The highest BCUT2D eigenvalue weighted by molar-refractivity contribution is 5.95. The maximum Gasteiger partial charge on any atom is 0.324 e. The van der Waals surface area contributed by atoms with Crippen molar-refractivity contribution in [2.75, 3.05) is 23.8 Å². The van der Waals surface area contributed by atoms with Crippen LogP contribution in [0.4, 0.5) is 11.7 Å². The highest BCUT2D eigenvalue weighted by Crippen LogP contribution is 2.22. The first-order valence-corrected chi connectivity index (χ1v) is 7.70. The lowest BCUT2D eigenvalue weighted by molar-refractivity contribution is -0.115. The molecule has 0 aliphatic heterocycles. The molecule has 0 spiro atoms. The summed E-state index contributed by atoms with van der Waals surface area (Å²) in [6.07, 6.45) is 0. The molecule has 23 heavy (non-hydrogen) atoms. The molecular formula is C17H24N4O2. The average molecular weight is 316 g/mol. The molecule has 1 aromatic carbocycles. The van der Waals surface area contributed by atoms with Crippen LogP contribution in [0.5, 0.6) is 0 Å². The number of aryl methyl sites for hydroxylation is 3. The fraction of sp³-hybridized carbons (Fsp3) is 0.471. The Kier molecular flexibility index (Phi) is 5.03. The third-order valence-corrected chi connectivity index (χ3v) is 3.60. The van der Waals surface area contributed by atoms with Crippen molar-refractivity contribution < 1.29 is 9.32 Å². The fourth-order valence-electron chi connectivity index (χ4n) is 2.46. The van der Waals surface area contributed by atoms with Crippen molar-refractivity contribution in [3.63, 3.8) is 0 Å². The molecular weight excluding hydrogens is 292 g/mol. The molecule has 124 valence electrons. The van der Waals surface area contributed by atoms with Crippen LogP contribution >= 0.6 is 0 Å². The number of carbonyl (C=O) groups excluding carboxylic acids is 1. The Morgan fingerprint density at radius 1 is 1.26 bits per heavy atom. The topological polar surface area (TPSA) is 71.3 Å². The molecule has 6 heteroatoms. The number of aromatic nitrogens is 2. The SMILES string of the molecule is Cc1cc(C)c(NC(=O)CN(C)c2nc(C(C)C)no2)c(C)c1. The Bertz CT molecular complexity index is 683. The molecule has 0 aliphatic carbocycles. The number of anilines is 2. The van der Waals surface area contributed by atoms with E-state index in [9.17, 15) is 4.79 Å². The second kappa shape index (κ2) is 6.81. The van der Waals surface area contributed by atoms with Crippen molar-refractivity contribution in [2.24, 2.45) is 0 Å². The Balaban J connectivity index is 2.04. The summed E-state index contributed by atoms with van der Waals surface area (Å²) in [6.45, 7) is 10.2. The van der Waals surface area contributed by atoms with E-state index in [4.69, 9.17) is 4.52 Å². The number of amides is 1. The number of hydrogen-bond donors (Lipinski definition) is 1. The van der Waals surface area contributed by atoms with Gasteiger partial charge in [0.2, 0.25) is 5.91 Å². The zero-order valence-electron chi connectivity index (χ0n) is 14.6. The van der Waals surface area contributed by atoms with Crippen LogP contribution < -0.4 is 10.2 Å². The smallest absolute Gasteiger partial charge is 0.324 e. The molecule has 0 saturated carbocycles. The molecule has 0 saturated heterocycles. The number of hydrogen-bond acceptors (Lipinski definition) is 5. The molecule has 1 amide bonds. The van der Waals surface area contributed by atoms with Crippen LogP contribution in [0.3, 0.4) is 0 Å². The molecule has 0 unspecified atom stereocenters. The van der Waals surface area contributed by atoms with E-state index in [0.29, 0.717) is 11.8 Å². The van der Waals surface area contributed by atoms with Crippen molar-refractivity contribution in [3.05, 3.63) is 34.6 Å². The van der Waals surface area contributed by atoms with Gasteiger partial charge in [0.25, 0.3) is 0 Å². The molecule has 0 radical (unpaired) electrons. The van der Waals surface area contributed by atoms with E-state index in [0.717, 1.165) is 16.8 Å². The summed E-state index contributed by atoms with van der Waals surface area (Å²) >= 11 is 0. The Morgan fingerprint density at radius 2 is 1.87 bits per heavy atom. The summed E-state index contributed by atoms with van der Waals surface area (Å²) in [5.74, 6) is 0.705. The Hall–Kier alpha value is -2.37. The van der Waals surface area contributed by atoms with Crippen molar-refractivity contribution in [1.82, 2.24) is 10.1 Å². The van der Waals surface area contributed by atoms with Crippen LogP contribution in [-0.4, -0.2) is 29.6 Å². The molecule has 0 aliphatic rings. The highest BCUT2D eigenvalue weighted by Gasteiger charge is 2.16. The molecule has 0 fully saturated rings. The molecule has 0 bridgehead atoms. The Labute approximate surface area is 136 Å². The maximum absolute atomic E-state index is 12.3. The maximum atomic E-state index is 12.3. The summed E-state index contributed by atoms with van der Waals surface area (Å²) in [5.41, 5.74) is 4.15. The van der Waals surface area contributed by atoms with Crippen molar-refractivity contribution >= 4 is 17.6 Å². The molecule has 2 rings (SSSR count). The van der Waals surface area contributed by atoms with E-state index in [-0.39, 0.29) is 18.4 Å². The minimum absolute atomic E-state index is 0.119. The molecule has 1 aromatic heterocycles. The number of nitrogens with one attached hydrogen (secondary N) is 1. The second-order valence-electron chi connectivity index (χ2n) is 6.27. The van der Waals surface area contributed by atoms with E-state index < -0.39 is 0 Å². The zero-order chi connectivity index (χ0) is 17.1. The number of nitrogens with zero attached hydrogens (tertiary/aromatic N) is 3. The predicted molar refractivity (Wildman–Crippen MR) is 90.9 cm³/mol. The lowest BCUT2D eigenvalue weighted by Gasteiger charge is -2.16. The zero-order valence-corrected chi connectivity index (χ0v) is 14.6. The van der Waals surface area contributed by atoms with E-state index in [1.54, 1.807) is 11.9 Å². The van der Waals surface area contributed by atoms with Gasteiger partial charge in [-0.3, -0.25) is 4.79 Å². The minimum atomic E-state index is -0.119. The first-order valence-electron chi connectivity index (χ1n) is 7.70. The van der Waals surface area contributed by atoms with Crippen molar-refractivity contribution in [3.8, 4) is 0 Å². The third kappa shape index (κ3) is 4.09. The summed E-state index contributed by atoms with van der Waals surface area (Å²) < 4.78 is 5.19. The van der Waals surface area contributed by atoms with Gasteiger partial charge in [0.15, 0.2) is 5.82 Å². The van der Waals surface area contributed by atoms with Gasteiger partial charge in [-0.1, -0.05) is 36.7 Å². The van der Waals surface area contributed by atoms with Gasteiger partial charge in [0.1, 0.15) is 6.54 Å². The minimum Gasteiger partial charge on any atom is -0.324 e. The van der Waals surface area contributed by atoms with Gasteiger partial charge in [0, 0.05) is 18.7 Å². The highest BCUT2D eigenvalue weighted by atomic mass is 16.5. The lowest BCUT2D eigenvalue weighted by atomic mass is 10.1. The van der Waals surface area contributed by atoms with Crippen LogP contribution in [0.1, 0.15) is 42.3 Å². The van der Waals surface area contributed by atoms with Crippen molar-refractivity contribution in [2.45, 2.75) is 40.5 Å². The third-order valence-electron chi connectivity index (χ3n) is 3.60. The van der Waals surface area contributed by atoms with Gasteiger partial charge in [-0.2, -0.15) is 4.98 Å². The van der Waals surface area contributed by atoms with Crippen LogP contribution in [0.15, 0.2) is 16.7 Å². The van der Waals surface area contributed by atoms with E-state index >= 15 is 0 Å². The van der Waals surface area contributed by atoms with E-state index in [1.807, 2.05) is 34.6 Å². The van der Waals surface area contributed by atoms with Crippen LogP contribution in [-0.2, 0) is 4.79 Å². The van der Waals surface area contributed by atoms with Gasteiger partial charge in [-0.05, 0) is 31.9 Å². The molecule has 2 aromatic rings. The van der Waals surface area contributed by atoms with Gasteiger partial charge < -0.3 is 14.7 Å². The molecule has 1 heterocycles. The Morgan fingerprint density at radius 3 is 2.39 bits per heavy atom. The quantitative estimate of drug-likeness (QED) is 0.917. The van der Waals surface area contributed by atoms with Gasteiger partial charge in [-0.15, -0.1) is 0 Å². The van der Waals surface area contributed by atoms with Crippen molar-refractivity contribution in [1.29, 1.82) is 0 Å².